The molecule has 1 fully saturated rings. The van der Waals surface area contributed by atoms with Gasteiger partial charge in [0.05, 0.1) is 19.3 Å². The maximum atomic E-state index is 12.1. The van der Waals surface area contributed by atoms with Crippen LogP contribution in [0.1, 0.15) is 18.9 Å². The number of methoxy groups -OCH3 is 1. The average Bonchev–Trinajstić information content (AvgIpc) is 3.72. The molecule has 0 bridgehead atoms. The summed E-state index contributed by atoms with van der Waals surface area (Å²) >= 11 is 8.31. The Morgan fingerprint density at radius 1 is 1.22 bits per heavy atom. The second kappa shape index (κ2) is 13.4. The smallest absolute Gasteiger partial charge is 0.258 e. The van der Waals surface area contributed by atoms with Crippen molar-refractivity contribution in [2.24, 2.45) is 5.92 Å². The van der Waals surface area contributed by atoms with Crippen LogP contribution in [-0.4, -0.2) is 73.1 Å². The number of anilines is 1. The van der Waals surface area contributed by atoms with Gasteiger partial charge in [-0.15, -0.1) is 12.6 Å². The molecule has 3 N–H and O–H groups in total. The number of aliphatic hydroxyl groups is 1. The Kier molecular flexibility index (Phi) is 9.86. The van der Waals surface area contributed by atoms with Crippen molar-refractivity contribution in [3.63, 3.8) is 0 Å². The van der Waals surface area contributed by atoms with Crippen LogP contribution in [0.5, 0.6) is 0 Å². The van der Waals surface area contributed by atoms with Crippen molar-refractivity contribution in [2.75, 3.05) is 26.1 Å². The standard InChI is InChI=1S/C24H31N6O8PS2/c1-33-22(19(32)21(38-41)30-8-4-17(31)28-9-6-27-23(28)30)37-24(40)34-11-13-10-18(36-16(13)12-35-39)29-7-3-14-15(25)2-5-26-20(14)29/h2-9,13,16,18-19,21-22,24,32,40-41H,10-12,39H2,1H3,(H2,25,26)/t13-,16-,18-,19+,21-,22?,24?/m1/s1. The van der Waals surface area contributed by atoms with Gasteiger partial charge >= 0.3 is 0 Å². The Balaban J connectivity index is 1.23. The van der Waals surface area contributed by atoms with Crippen LogP contribution in [0, 0.1) is 5.92 Å². The number of aromatic nitrogens is 5. The molecule has 1 aliphatic heterocycles. The van der Waals surface area contributed by atoms with E-state index in [1.165, 1.54) is 40.7 Å². The Bertz CT molecular complexity index is 1520. The first-order chi connectivity index (χ1) is 19.9. The summed E-state index contributed by atoms with van der Waals surface area (Å²) in [5, 5.41) is 11.9. The first kappa shape index (κ1) is 30.2. The molecular weight excluding hydrogens is 595 g/mol. The van der Waals surface area contributed by atoms with Gasteiger partial charge in [-0.3, -0.25) is 17.9 Å². The molecule has 0 spiro atoms. The number of nitrogens with zero attached hydrogens (tertiary/aromatic N) is 5. The van der Waals surface area contributed by atoms with Gasteiger partial charge in [-0.2, -0.15) is 0 Å². The maximum Gasteiger partial charge on any atom is 0.258 e. The van der Waals surface area contributed by atoms with Crippen molar-refractivity contribution in [3.05, 3.63) is 59.5 Å². The van der Waals surface area contributed by atoms with Crippen LogP contribution >= 0.6 is 35.0 Å². The fraction of sp³-hybridized carbons (Fsp3) is 0.458. The molecule has 17 heteroatoms. The van der Waals surface area contributed by atoms with Crippen molar-refractivity contribution in [1.82, 2.24) is 23.5 Å². The van der Waals surface area contributed by atoms with Crippen molar-refractivity contribution < 1.29 is 32.8 Å². The maximum absolute atomic E-state index is 12.1. The van der Waals surface area contributed by atoms with Crippen molar-refractivity contribution in [3.8, 4) is 0 Å². The second-order valence-corrected chi connectivity index (χ2v) is 10.3. The zero-order valence-corrected chi connectivity index (χ0v) is 24.8. The predicted octanol–water partition coefficient (Wildman–Crippen LogP) is 1.78. The SMILES string of the molecule is COC(OC(S)OC[C@H]1C[C@H](n2ccc3c(N)ccnc32)O[C@@H]1COP)[C@@H](O)[C@@H](OS)n1ccc(=O)n2ccnc12. The summed E-state index contributed by atoms with van der Waals surface area (Å²) in [5.74, 6) is 0.155. The molecule has 0 radical (unpaired) electrons. The lowest BCUT2D eigenvalue weighted by Gasteiger charge is -2.30. The van der Waals surface area contributed by atoms with Crippen LogP contribution in [0.25, 0.3) is 16.8 Å². The highest BCUT2D eigenvalue weighted by molar-refractivity contribution is 7.80. The molecule has 222 valence electrons. The summed E-state index contributed by atoms with van der Waals surface area (Å²) in [6.45, 7) is 0.537. The largest absolute Gasteiger partial charge is 0.398 e. The molecule has 14 nitrogen and oxygen atoms in total. The third-order valence-corrected chi connectivity index (χ3v) is 7.62. The van der Waals surface area contributed by atoms with E-state index in [-0.39, 0.29) is 36.2 Å². The van der Waals surface area contributed by atoms with Gasteiger partial charge in [-0.05, 0) is 25.0 Å². The Labute approximate surface area is 247 Å². The minimum atomic E-state index is -1.42. The van der Waals surface area contributed by atoms with Gasteiger partial charge in [0.25, 0.3) is 5.56 Å². The molecule has 1 saturated heterocycles. The Morgan fingerprint density at radius 2 is 2.05 bits per heavy atom. The highest BCUT2D eigenvalue weighted by Gasteiger charge is 2.38. The number of nitrogen functional groups attached to an aromatic ring is 1. The van der Waals surface area contributed by atoms with Crippen LogP contribution in [0.3, 0.4) is 0 Å². The number of ether oxygens (including phenoxy) is 4. The molecule has 4 aromatic rings. The zero-order chi connectivity index (χ0) is 29.1. The zero-order valence-electron chi connectivity index (χ0n) is 21.9. The van der Waals surface area contributed by atoms with Gasteiger partial charge in [0.2, 0.25) is 11.4 Å². The molecule has 1 aliphatic rings. The van der Waals surface area contributed by atoms with Gasteiger partial charge in [-0.25, -0.2) is 9.97 Å². The normalized spacial score (nSPS) is 22.3. The van der Waals surface area contributed by atoms with Crippen LogP contribution in [0.4, 0.5) is 5.69 Å². The molecule has 41 heavy (non-hydrogen) atoms. The van der Waals surface area contributed by atoms with E-state index in [0.29, 0.717) is 18.7 Å². The second-order valence-electron chi connectivity index (χ2n) is 9.34. The number of rotatable bonds is 13. The molecule has 0 amide bonds. The molecule has 0 aromatic carbocycles. The summed E-state index contributed by atoms with van der Waals surface area (Å²) in [4.78, 5) is 20.7. The highest BCUT2D eigenvalue weighted by Crippen LogP contribution is 2.37. The number of nitrogens with two attached hydrogens (primary N) is 1. The van der Waals surface area contributed by atoms with Gasteiger partial charge < -0.3 is 38.9 Å². The number of aliphatic hydroxyl groups excluding tert-OH is 1. The first-order valence-electron chi connectivity index (χ1n) is 12.5. The summed E-state index contributed by atoms with van der Waals surface area (Å²) < 4.78 is 38.5. The average molecular weight is 627 g/mol. The molecular formula is C24H31N6O8PS2. The van der Waals surface area contributed by atoms with Gasteiger partial charge in [0.15, 0.2) is 18.6 Å². The van der Waals surface area contributed by atoms with E-state index in [4.69, 9.17) is 33.4 Å². The predicted molar refractivity (Wildman–Crippen MR) is 157 cm³/mol. The summed E-state index contributed by atoms with van der Waals surface area (Å²) in [6.07, 6.45) is 4.16. The van der Waals surface area contributed by atoms with E-state index in [0.717, 1.165) is 11.0 Å². The number of hydrogen-bond acceptors (Lipinski definition) is 13. The number of thiol groups is 2. The van der Waals surface area contributed by atoms with Gasteiger partial charge in [0.1, 0.15) is 11.9 Å². The van der Waals surface area contributed by atoms with E-state index in [2.05, 4.69) is 45.0 Å². The summed E-state index contributed by atoms with van der Waals surface area (Å²) in [7, 11) is 3.58. The van der Waals surface area contributed by atoms with Crippen molar-refractivity contribution >= 4 is 57.5 Å². The quantitative estimate of drug-likeness (QED) is 0.0742. The highest BCUT2D eigenvalue weighted by atomic mass is 32.1. The van der Waals surface area contributed by atoms with E-state index < -0.39 is 24.2 Å². The van der Waals surface area contributed by atoms with Crippen LogP contribution in [0.2, 0.25) is 0 Å². The lowest BCUT2D eigenvalue weighted by atomic mass is 10.0. The third-order valence-electron chi connectivity index (χ3n) is 6.94. The number of imidazole rings is 1. The fourth-order valence-electron chi connectivity index (χ4n) is 4.91. The van der Waals surface area contributed by atoms with Crippen molar-refractivity contribution in [1.29, 1.82) is 0 Å². The molecule has 3 unspecified atom stereocenters. The third kappa shape index (κ3) is 6.27. The molecule has 8 atom stereocenters. The molecule has 4 aromatic heterocycles. The lowest BCUT2D eigenvalue weighted by molar-refractivity contribution is -0.254. The molecule has 0 saturated carbocycles. The molecule has 5 heterocycles. The van der Waals surface area contributed by atoms with Crippen LogP contribution in [0.15, 0.2) is 54.0 Å². The van der Waals surface area contributed by atoms with E-state index in [1.54, 1.807) is 12.3 Å². The fourth-order valence-corrected chi connectivity index (χ4v) is 5.53. The Morgan fingerprint density at radius 3 is 2.80 bits per heavy atom. The summed E-state index contributed by atoms with van der Waals surface area (Å²) in [5.41, 5.74) is 6.09. The van der Waals surface area contributed by atoms with Crippen LogP contribution < -0.4 is 11.3 Å². The summed E-state index contributed by atoms with van der Waals surface area (Å²) in [6, 6.07) is 4.97. The van der Waals surface area contributed by atoms with E-state index >= 15 is 0 Å². The Hall–Kier alpha value is -2.24. The number of pyridine rings is 1. The van der Waals surface area contributed by atoms with Gasteiger partial charge in [0, 0.05) is 77.0 Å². The van der Waals surface area contributed by atoms with Gasteiger partial charge in [-0.1, -0.05) is 0 Å². The number of fused-ring (bicyclic) bond motifs is 2. The lowest BCUT2D eigenvalue weighted by Crippen LogP contribution is -2.41. The minimum absolute atomic E-state index is 0.0772. The molecule has 0 aliphatic carbocycles. The van der Waals surface area contributed by atoms with Crippen molar-refractivity contribution in [2.45, 2.75) is 43.0 Å². The monoisotopic (exact) mass is 626 g/mol. The van der Waals surface area contributed by atoms with E-state index in [1.807, 2.05) is 16.8 Å². The minimum Gasteiger partial charge on any atom is -0.398 e. The van der Waals surface area contributed by atoms with Crippen LogP contribution in [-0.2, 0) is 27.7 Å². The van der Waals surface area contributed by atoms with E-state index in [9.17, 15) is 9.90 Å². The topological polar surface area (TPSA) is 159 Å². The molecule has 5 rings (SSSR count). The first-order valence-corrected chi connectivity index (χ1v) is 13.9. The number of hydrogen-bond donors (Lipinski definition) is 4.